The van der Waals surface area contributed by atoms with Crippen LogP contribution in [-0.4, -0.2) is 37.7 Å². The Labute approximate surface area is 186 Å². The zero-order valence-electron chi connectivity index (χ0n) is 16.0. The lowest BCUT2D eigenvalue weighted by Crippen LogP contribution is -2.22. The molecule has 0 unspecified atom stereocenters. The van der Waals surface area contributed by atoms with Crippen LogP contribution in [-0.2, 0) is 10.0 Å². The van der Waals surface area contributed by atoms with Gasteiger partial charge in [0, 0.05) is 24.5 Å². The number of hydrogen-bond donors (Lipinski definition) is 1. The van der Waals surface area contributed by atoms with Crippen LogP contribution in [0, 0.1) is 0 Å². The molecule has 0 saturated carbocycles. The number of aromatic nitrogens is 1. The number of amides is 1. The molecule has 3 heterocycles. The van der Waals surface area contributed by atoms with E-state index in [4.69, 9.17) is 0 Å². The minimum absolute atomic E-state index is 0.137. The molecule has 30 heavy (non-hydrogen) atoms. The predicted octanol–water partition coefficient (Wildman–Crippen LogP) is 5.10. The number of thiophene rings is 2. The van der Waals surface area contributed by atoms with Crippen molar-refractivity contribution in [1.82, 2.24) is 9.29 Å². The summed E-state index contributed by atoms with van der Waals surface area (Å²) < 4.78 is 25.5. The van der Waals surface area contributed by atoms with Crippen LogP contribution < -0.4 is 5.32 Å². The molecule has 0 spiro atoms. The molecule has 6 nitrogen and oxygen atoms in total. The van der Waals surface area contributed by atoms with Gasteiger partial charge < -0.3 is 0 Å². The van der Waals surface area contributed by atoms with Crippen LogP contribution in [0.4, 0.5) is 5.13 Å². The minimum atomic E-state index is -3.54. The predicted molar refractivity (Wildman–Crippen MR) is 124 cm³/mol. The summed E-state index contributed by atoms with van der Waals surface area (Å²) in [6, 6.07) is 13.9. The van der Waals surface area contributed by atoms with Crippen LogP contribution in [0.2, 0.25) is 0 Å². The second-order valence-corrected chi connectivity index (χ2v) is 11.5. The number of hydrogen-bond acceptors (Lipinski definition) is 7. The summed E-state index contributed by atoms with van der Waals surface area (Å²) in [6.45, 7) is 0. The van der Waals surface area contributed by atoms with Gasteiger partial charge in [0.05, 0.1) is 14.6 Å². The number of carbonyl (C=O) groups is 1. The smallest absolute Gasteiger partial charge is 0.257 e. The van der Waals surface area contributed by atoms with E-state index in [-0.39, 0.29) is 10.8 Å². The van der Waals surface area contributed by atoms with Gasteiger partial charge in [-0.25, -0.2) is 17.7 Å². The summed E-state index contributed by atoms with van der Waals surface area (Å²) in [5.41, 5.74) is 1.21. The summed E-state index contributed by atoms with van der Waals surface area (Å²) in [4.78, 5) is 20.6. The number of rotatable bonds is 6. The van der Waals surface area contributed by atoms with E-state index >= 15 is 0 Å². The minimum Gasteiger partial charge on any atom is -0.298 e. The standard InChI is InChI=1S/C20H17N3O3S4/c1-23(2)30(25,26)14-9-7-13(8-10-14)19(24)22-20-21-17(15-5-3-11-27-15)18(29-20)16-6-4-12-28-16/h3-12H,1-2H3,(H,21,22,24). The molecule has 0 saturated heterocycles. The average molecular weight is 476 g/mol. The number of sulfonamides is 1. The quantitative estimate of drug-likeness (QED) is 0.421. The Kier molecular flexibility index (Phi) is 5.85. The Morgan fingerprint density at radius 2 is 1.60 bits per heavy atom. The second kappa shape index (κ2) is 8.40. The van der Waals surface area contributed by atoms with Crippen molar-refractivity contribution in [2.75, 3.05) is 19.4 Å². The number of thiazole rings is 1. The fourth-order valence-electron chi connectivity index (χ4n) is 2.69. The Morgan fingerprint density at radius 3 is 2.17 bits per heavy atom. The number of anilines is 1. The summed E-state index contributed by atoms with van der Waals surface area (Å²) in [6.07, 6.45) is 0. The number of benzene rings is 1. The summed E-state index contributed by atoms with van der Waals surface area (Å²) in [5, 5.41) is 7.34. The summed E-state index contributed by atoms with van der Waals surface area (Å²) in [7, 11) is -0.603. The molecule has 10 heteroatoms. The third-order valence-electron chi connectivity index (χ3n) is 4.24. The zero-order valence-corrected chi connectivity index (χ0v) is 19.3. The van der Waals surface area contributed by atoms with Crippen molar-refractivity contribution in [3.05, 3.63) is 64.9 Å². The highest BCUT2D eigenvalue weighted by molar-refractivity contribution is 7.89. The number of nitrogens with zero attached hydrogens (tertiary/aromatic N) is 2. The van der Waals surface area contributed by atoms with Crippen molar-refractivity contribution < 1.29 is 13.2 Å². The molecule has 0 bridgehead atoms. The van der Waals surface area contributed by atoms with Gasteiger partial charge in [0.1, 0.15) is 5.69 Å². The van der Waals surface area contributed by atoms with Crippen molar-refractivity contribution in [3.8, 4) is 20.3 Å². The lowest BCUT2D eigenvalue weighted by Gasteiger charge is -2.11. The first-order valence-electron chi connectivity index (χ1n) is 8.79. The van der Waals surface area contributed by atoms with E-state index in [0.29, 0.717) is 10.7 Å². The fraction of sp³-hybridized carbons (Fsp3) is 0.100. The number of carbonyl (C=O) groups excluding carboxylic acids is 1. The maximum absolute atomic E-state index is 12.7. The lowest BCUT2D eigenvalue weighted by atomic mass is 10.2. The largest absolute Gasteiger partial charge is 0.298 e. The molecule has 3 aromatic heterocycles. The van der Waals surface area contributed by atoms with E-state index in [2.05, 4.69) is 10.3 Å². The third-order valence-corrected chi connectivity index (χ3v) is 8.97. The van der Waals surface area contributed by atoms with E-state index in [0.717, 1.165) is 24.6 Å². The Bertz CT molecular complexity index is 1210. The molecule has 0 aliphatic rings. The second-order valence-electron chi connectivity index (χ2n) is 6.42. The van der Waals surface area contributed by atoms with Gasteiger partial charge in [-0.05, 0) is 47.2 Å². The molecule has 0 aliphatic carbocycles. The molecular formula is C20H17N3O3S4. The van der Waals surface area contributed by atoms with Gasteiger partial charge in [-0.3, -0.25) is 10.1 Å². The maximum atomic E-state index is 12.7. The molecule has 1 aromatic carbocycles. The van der Waals surface area contributed by atoms with Crippen LogP contribution in [0.3, 0.4) is 0 Å². The van der Waals surface area contributed by atoms with E-state index in [1.807, 2.05) is 35.0 Å². The molecule has 0 aliphatic heterocycles. The molecule has 1 N–H and O–H groups in total. The van der Waals surface area contributed by atoms with Crippen molar-refractivity contribution in [3.63, 3.8) is 0 Å². The van der Waals surface area contributed by atoms with E-state index in [9.17, 15) is 13.2 Å². The summed E-state index contributed by atoms with van der Waals surface area (Å²) >= 11 is 4.64. The first kappa shape index (κ1) is 20.9. The average Bonchev–Trinajstić information content (AvgIpc) is 3.48. The maximum Gasteiger partial charge on any atom is 0.257 e. The van der Waals surface area contributed by atoms with Gasteiger partial charge in [0.2, 0.25) is 10.0 Å². The van der Waals surface area contributed by atoms with Gasteiger partial charge >= 0.3 is 0 Å². The highest BCUT2D eigenvalue weighted by Gasteiger charge is 2.20. The monoisotopic (exact) mass is 475 g/mol. The van der Waals surface area contributed by atoms with Crippen LogP contribution >= 0.6 is 34.0 Å². The van der Waals surface area contributed by atoms with Crippen LogP contribution in [0.5, 0.6) is 0 Å². The van der Waals surface area contributed by atoms with Gasteiger partial charge in [-0.2, -0.15) is 0 Å². The van der Waals surface area contributed by atoms with Crippen LogP contribution in [0.25, 0.3) is 20.3 Å². The third kappa shape index (κ3) is 4.09. The SMILES string of the molecule is CN(C)S(=O)(=O)c1ccc(C(=O)Nc2nc(-c3cccs3)c(-c3cccs3)s2)cc1. The van der Waals surface area contributed by atoms with E-state index in [1.54, 1.807) is 22.7 Å². The Morgan fingerprint density at radius 1 is 0.967 bits per heavy atom. The fourth-order valence-corrected chi connectivity index (χ4v) is 6.20. The first-order chi connectivity index (χ1) is 14.4. The molecular weight excluding hydrogens is 459 g/mol. The highest BCUT2D eigenvalue weighted by atomic mass is 32.2. The van der Waals surface area contributed by atoms with Crippen molar-refractivity contribution in [1.29, 1.82) is 0 Å². The molecule has 1 amide bonds. The van der Waals surface area contributed by atoms with Gasteiger partial charge in [-0.15, -0.1) is 22.7 Å². The lowest BCUT2D eigenvalue weighted by molar-refractivity contribution is 0.102. The highest BCUT2D eigenvalue weighted by Crippen LogP contribution is 2.42. The first-order valence-corrected chi connectivity index (χ1v) is 12.8. The molecule has 0 fully saturated rings. The van der Waals surface area contributed by atoms with Crippen molar-refractivity contribution >= 4 is 55.1 Å². The van der Waals surface area contributed by atoms with Crippen LogP contribution in [0.1, 0.15) is 10.4 Å². The number of nitrogens with one attached hydrogen (secondary N) is 1. The topological polar surface area (TPSA) is 79.4 Å². The van der Waals surface area contributed by atoms with E-state index < -0.39 is 10.0 Å². The van der Waals surface area contributed by atoms with Gasteiger partial charge in [0.25, 0.3) is 5.91 Å². The molecule has 154 valence electrons. The van der Waals surface area contributed by atoms with E-state index in [1.165, 1.54) is 49.7 Å². The molecule has 4 aromatic rings. The van der Waals surface area contributed by atoms with Gasteiger partial charge in [0.15, 0.2) is 5.13 Å². The van der Waals surface area contributed by atoms with Crippen molar-refractivity contribution in [2.24, 2.45) is 0 Å². The van der Waals surface area contributed by atoms with Crippen molar-refractivity contribution in [2.45, 2.75) is 4.90 Å². The van der Waals surface area contributed by atoms with Gasteiger partial charge in [-0.1, -0.05) is 23.5 Å². The zero-order chi connectivity index (χ0) is 21.3. The summed E-state index contributed by atoms with van der Waals surface area (Å²) in [5.74, 6) is -0.340. The Hall–Kier alpha value is -2.37. The Balaban J connectivity index is 1.60. The molecule has 0 radical (unpaired) electrons. The van der Waals surface area contributed by atoms with Crippen LogP contribution in [0.15, 0.2) is 64.2 Å². The molecule has 4 rings (SSSR count). The normalized spacial score (nSPS) is 11.7. The molecule has 0 atom stereocenters.